The van der Waals surface area contributed by atoms with E-state index in [1.54, 1.807) is 0 Å². The second-order valence-corrected chi connectivity index (χ2v) is 6.60. The molecule has 0 aliphatic rings. The largest absolute Gasteiger partial charge is 0.573 e. The molecule has 0 aliphatic heterocycles. The van der Waals surface area contributed by atoms with E-state index in [4.69, 9.17) is 28.3 Å². The highest BCUT2D eigenvalue weighted by atomic mass is 35.5. The molecular formula is C18H9Cl2F7O3. The Morgan fingerprint density at radius 3 is 2.07 bits per heavy atom. The van der Waals surface area contributed by atoms with Crippen molar-refractivity contribution in [3.8, 4) is 5.75 Å². The van der Waals surface area contributed by atoms with Gasteiger partial charge in [0.25, 0.3) is 0 Å². The van der Waals surface area contributed by atoms with Crippen molar-refractivity contribution in [2.24, 2.45) is 0 Å². The molecule has 0 amide bonds. The number of ether oxygens (including phenoxy) is 1. The molecule has 0 saturated carbocycles. The highest BCUT2D eigenvalue weighted by molar-refractivity contribution is 6.35. The minimum atomic E-state index is -5.22. The van der Waals surface area contributed by atoms with Gasteiger partial charge >= 0.3 is 18.5 Å². The zero-order chi connectivity index (χ0) is 22.9. The molecule has 1 N–H and O–H groups in total. The molecule has 2 aromatic carbocycles. The number of benzene rings is 2. The van der Waals surface area contributed by atoms with Crippen molar-refractivity contribution in [1.82, 2.24) is 0 Å². The quantitative estimate of drug-likeness (QED) is 0.370. The van der Waals surface area contributed by atoms with Crippen molar-refractivity contribution in [2.75, 3.05) is 0 Å². The van der Waals surface area contributed by atoms with Crippen LogP contribution in [0.4, 0.5) is 30.7 Å². The van der Waals surface area contributed by atoms with Crippen LogP contribution in [0.15, 0.2) is 36.4 Å². The number of alkyl halides is 6. The molecule has 3 nitrogen and oxygen atoms in total. The van der Waals surface area contributed by atoms with Crippen LogP contribution in [0.1, 0.15) is 27.4 Å². The molecule has 0 aliphatic carbocycles. The van der Waals surface area contributed by atoms with E-state index < -0.39 is 57.2 Å². The first kappa shape index (κ1) is 23.8. The van der Waals surface area contributed by atoms with Crippen LogP contribution >= 0.6 is 23.2 Å². The Kier molecular flexibility index (Phi) is 6.93. The van der Waals surface area contributed by atoms with Gasteiger partial charge in [-0.05, 0) is 35.4 Å². The second kappa shape index (κ2) is 8.73. The Morgan fingerprint density at radius 2 is 1.60 bits per heavy atom. The third-order valence-electron chi connectivity index (χ3n) is 3.66. The summed E-state index contributed by atoms with van der Waals surface area (Å²) in [6, 6.07) is 3.79. The summed E-state index contributed by atoms with van der Waals surface area (Å²) in [4.78, 5) is 11.0. The Labute approximate surface area is 174 Å². The topological polar surface area (TPSA) is 46.5 Å². The number of allylic oxidation sites excluding steroid dienone is 1. The van der Waals surface area contributed by atoms with E-state index in [1.807, 2.05) is 0 Å². The predicted octanol–water partition coefficient (Wildman–Crippen LogP) is 7.09. The fourth-order valence-corrected chi connectivity index (χ4v) is 2.90. The average molecular weight is 477 g/mol. The highest BCUT2D eigenvalue weighted by Gasteiger charge is 2.39. The van der Waals surface area contributed by atoms with E-state index in [2.05, 4.69) is 4.74 Å². The van der Waals surface area contributed by atoms with Crippen molar-refractivity contribution in [1.29, 1.82) is 0 Å². The van der Waals surface area contributed by atoms with Gasteiger partial charge in [-0.15, -0.1) is 13.2 Å². The van der Waals surface area contributed by atoms with Crippen molar-refractivity contribution >= 4 is 35.2 Å². The van der Waals surface area contributed by atoms with Crippen LogP contribution < -0.4 is 4.74 Å². The predicted molar refractivity (Wildman–Crippen MR) is 94.3 cm³/mol. The van der Waals surface area contributed by atoms with Crippen LogP contribution in [0.5, 0.6) is 5.75 Å². The van der Waals surface area contributed by atoms with Crippen molar-refractivity contribution in [2.45, 2.75) is 18.5 Å². The summed E-state index contributed by atoms with van der Waals surface area (Å²) in [6.07, 6.45) is -8.72. The van der Waals surface area contributed by atoms with Crippen LogP contribution in [0.25, 0.3) is 6.08 Å². The molecule has 1 atom stereocenters. The Hall–Kier alpha value is -2.46. The zero-order valence-corrected chi connectivity index (χ0v) is 15.8. The zero-order valence-electron chi connectivity index (χ0n) is 14.3. The molecular weight excluding hydrogens is 468 g/mol. The van der Waals surface area contributed by atoms with E-state index in [0.29, 0.717) is 12.1 Å². The Balaban J connectivity index is 2.48. The smallest absolute Gasteiger partial charge is 0.478 e. The summed E-state index contributed by atoms with van der Waals surface area (Å²) < 4.78 is 94.9. The number of halogens is 9. The molecule has 0 aromatic heterocycles. The molecule has 0 saturated heterocycles. The summed E-state index contributed by atoms with van der Waals surface area (Å²) >= 11 is 11.1. The molecule has 2 rings (SSSR count). The molecule has 162 valence electrons. The van der Waals surface area contributed by atoms with Gasteiger partial charge in [-0.1, -0.05) is 41.4 Å². The van der Waals surface area contributed by atoms with E-state index in [1.165, 1.54) is 0 Å². The van der Waals surface area contributed by atoms with Gasteiger partial charge in [0, 0.05) is 0 Å². The number of hydrogen-bond donors (Lipinski definition) is 1. The first-order valence-corrected chi connectivity index (χ1v) is 8.47. The maximum atomic E-state index is 13.5. The van der Waals surface area contributed by atoms with Gasteiger partial charge in [0.05, 0.1) is 16.0 Å². The fourth-order valence-electron chi connectivity index (χ4n) is 2.40. The lowest BCUT2D eigenvalue weighted by Gasteiger charge is -2.18. The number of carbonyl (C=O) groups is 1. The summed E-state index contributed by atoms with van der Waals surface area (Å²) in [5, 5.41) is 7.64. The normalized spacial score (nSPS) is 13.5. The Bertz CT molecular complexity index is 962. The average Bonchev–Trinajstić information content (AvgIpc) is 2.57. The first-order chi connectivity index (χ1) is 13.7. The van der Waals surface area contributed by atoms with Crippen molar-refractivity contribution < 1.29 is 45.4 Å². The summed E-state index contributed by atoms with van der Waals surface area (Å²) in [6.45, 7) is 0. The monoisotopic (exact) mass is 476 g/mol. The number of aromatic carboxylic acids is 1. The fraction of sp³-hybridized carbons (Fsp3) is 0.167. The Morgan fingerprint density at radius 1 is 1.03 bits per heavy atom. The van der Waals surface area contributed by atoms with Gasteiger partial charge < -0.3 is 9.84 Å². The highest BCUT2D eigenvalue weighted by Crippen LogP contribution is 2.39. The van der Waals surface area contributed by atoms with Gasteiger partial charge in [-0.2, -0.15) is 13.2 Å². The molecule has 0 fully saturated rings. The van der Waals surface area contributed by atoms with E-state index in [0.717, 1.165) is 30.3 Å². The lowest BCUT2D eigenvalue weighted by molar-refractivity contribution is -0.274. The molecule has 0 bridgehead atoms. The molecule has 0 radical (unpaired) electrons. The molecule has 12 heteroatoms. The molecule has 30 heavy (non-hydrogen) atoms. The number of rotatable bonds is 5. The van der Waals surface area contributed by atoms with Gasteiger partial charge in [0.15, 0.2) is 5.82 Å². The maximum Gasteiger partial charge on any atom is 0.573 e. The van der Waals surface area contributed by atoms with Gasteiger partial charge in [0.1, 0.15) is 11.3 Å². The van der Waals surface area contributed by atoms with Crippen LogP contribution in [-0.2, 0) is 0 Å². The SMILES string of the molecule is O=C(O)c1ccc(/C=C/C(c2cc(Cl)c(F)c(Cl)c2)C(F)(F)F)cc1OC(F)(F)F. The minimum Gasteiger partial charge on any atom is -0.478 e. The van der Waals surface area contributed by atoms with E-state index in [-0.39, 0.29) is 5.56 Å². The van der Waals surface area contributed by atoms with Gasteiger partial charge in [-0.25, -0.2) is 9.18 Å². The maximum absolute atomic E-state index is 13.5. The molecule has 0 heterocycles. The van der Waals surface area contributed by atoms with E-state index in [9.17, 15) is 35.5 Å². The number of hydrogen-bond acceptors (Lipinski definition) is 2. The summed E-state index contributed by atoms with van der Waals surface area (Å²) in [5.41, 5.74) is -1.56. The lowest BCUT2D eigenvalue weighted by atomic mass is 9.96. The molecule has 0 spiro atoms. The van der Waals surface area contributed by atoms with Crippen LogP contribution in [0.2, 0.25) is 10.0 Å². The third-order valence-corrected chi connectivity index (χ3v) is 4.21. The summed E-state index contributed by atoms with van der Waals surface area (Å²) in [7, 11) is 0. The minimum absolute atomic E-state index is 0.215. The van der Waals surface area contributed by atoms with E-state index >= 15 is 0 Å². The molecule has 1 unspecified atom stereocenters. The molecule has 2 aromatic rings. The standard InChI is InChI=1S/C18H9Cl2F7O3/c19-12-6-9(7-13(20)15(12)21)11(17(22,23)24)4-2-8-1-3-10(16(28)29)14(5-8)30-18(25,26)27/h1-7,11H,(H,28,29)/b4-2+. The van der Waals surface area contributed by atoms with Gasteiger partial charge in [0.2, 0.25) is 0 Å². The number of carboxylic acid groups (broad SMARTS) is 1. The van der Waals surface area contributed by atoms with Crippen LogP contribution in [0, 0.1) is 5.82 Å². The second-order valence-electron chi connectivity index (χ2n) is 5.79. The number of carboxylic acids is 1. The van der Waals surface area contributed by atoms with Crippen molar-refractivity contribution in [3.05, 3.63) is 69.0 Å². The summed E-state index contributed by atoms with van der Waals surface area (Å²) in [5.74, 6) is -6.27. The van der Waals surface area contributed by atoms with Gasteiger partial charge in [-0.3, -0.25) is 0 Å². The van der Waals surface area contributed by atoms with Crippen molar-refractivity contribution in [3.63, 3.8) is 0 Å². The lowest BCUT2D eigenvalue weighted by Crippen LogP contribution is -2.19. The first-order valence-electron chi connectivity index (χ1n) is 7.71. The third kappa shape index (κ3) is 6.02. The van der Waals surface area contributed by atoms with Crippen LogP contribution in [-0.4, -0.2) is 23.6 Å². The van der Waals surface area contributed by atoms with Crippen LogP contribution in [0.3, 0.4) is 0 Å².